The standard InChI is InChI=1S/C6H12O3Si.CHF3O3S/c1-6(7)9-10-5-3-2-4-8-10;2-1(3,4)8(5,6)7/h10H,2-5H2,1H3;(H,5,6,7). The monoisotopic (exact) mass is 310 g/mol. The molecule has 0 aromatic heterocycles. The number of carbonyl (C=O) groups is 1. The molecule has 1 saturated heterocycles. The van der Waals surface area contributed by atoms with Gasteiger partial charge in [0.2, 0.25) is 0 Å². The van der Waals surface area contributed by atoms with Gasteiger partial charge in [0.1, 0.15) is 0 Å². The summed E-state index contributed by atoms with van der Waals surface area (Å²) >= 11 is 0. The average Bonchev–Trinajstić information content (AvgIpc) is 2.15. The lowest BCUT2D eigenvalue weighted by Gasteiger charge is -2.19. The molecular weight excluding hydrogens is 297 g/mol. The Morgan fingerprint density at radius 1 is 1.39 bits per heavy atom. The number of halogens is 3. The van der Waals surface area contributed by atoms with E-state index in [4.69, 9.17) is 21.8 Å². The second kappa shape index (κ2) is 7.06. The summed E-state index contributed by atoms with van der Waals surface area (Å²) in [5.74, 6) is -0.196. The second-order valence-electron chi connectivity index (χ2n) is 3.33. The van der Waals surface area contributed by atoms with Crippen LogP contribution in [0.3, 0.4) is 0 Å². The van der Waals surface area contributed by atoms with E-state index in [1.807, 2.05) is 0 Å². The highest BCUT2D eigenvalue weighted by atomic mass is 32.2. The third kappa shape index (κ3) is 7.63. The van der Waals surface area contributed by atoms with Gasteiger partial charge in [-0.3, -0.25) is 9.35 Å². The maximum atomic E-state index is 10.7. The predicted octanol–water partition coefficient (Wildman–Crippen LogP) is 0.974. The first-order valence-corrected chi connectivity index (χ1v) is 8.06. The van der Waals surface area contributed by atoms with Crippen LogP contribution in [-0.2, 0) is 23.8 Å². The third-order valence-electron chi connectivity index (χ3n) is 1.73. The number of hydrogen-bond acceptors (Lipinski definition) is 5. The van der Waals surface area contributed by atoms with Crippen LogP contribution in [0.1, 0.15) is 19.8 Å². The third-order valence-corrected chi connectivity index (χ3v) is 4.39. The van der Waals surface area contributed by atoms with Crippen LogP contribution in [0.5, 0.6) is 0 Å². The molecule has 1 atom stereocenters. The van der Waals surface area contributed by atoms with Gasteiger partial charge in [-0.25, -0.2) is 0 Å². The Hall–Kier alpha value is -0.653. The Morgan fingerprint density at radius 3 is 2.17 bits per heavy atom. The molecule has 18 heavy (non-hydrogen) atoms. The minimum atomic E-state index is -5.84. The number of hydrogen-bond donors (Lipinski definition) is 1. The molecule has 0 bridgehead atoms. The van der Waals surface area contributed by atoms with Crippen LogP contribution in [0.4, 0.5) is 13.2 Å². The molecule has 11 heteroatoms. The summed E-state index contributed by atoms with van der Waals surface area (Å²) in [6, 6.07) is 0.986. The molecule has 0 aromatic carbocycles. The summed E-state index contributed by atoms with van der Waals surface area (Å²) in [6.45, 7) is 2.22. The van der Waals surface area contributed by atoms with E-state index in [1.54, 1.807) is 0 Å². The Kier molecular flexibility index (Phi) is 6.81. The van der Waals surface area contributed by atoms with Gasteiger partial charge in [0.15, 0.2) is 0 Å². The summed E-state index contributed by atoms with van der Waals surface area (Å²) in [5.41, 5.74) is -5.53. The molecule has 1 rings (SSSR count). The minimum absolute atomic E-state index is 0.196. The van der Waals surface area contributed by atoms with Crippen molar-refractivity contribution in [1.82, 2.24) is 0 Å². The van der Waals surface area contributed by atoms with E-state index in [9.17, 15) is 18.0 Å². The smallest absolute Gasteiger partial charge is 0.497 e. The van der Waals surface area contributed by atoms with E-state index in [1.165, 1.54) is 6.92 Å². The zero-order valence-electron chi connectivity index (χ0n) is 9.44. The lowest BCUT2D eigenvalue weighted by Crippen LogP contribution is -2.28. The van der Waals surface area contributed by atoms with Crippen LogP contribution in [0.25, 0.3) is 0 Å². The van der Waals surface area contributed by atoms with Crippen molar-refractivity contribution >= 4 is 25.4 Å². The van der Waals surface area contributed by atoms with Crippen molar-refractivity contribution in [3.63, 3.8) is 0 Å². The quantitative estimate of drug-likeness (QED) is 0.441. The topological polar surface area (TPSA) is 89.9 Å². The molecular formula is C7H13F3O6SSi. The van der Waals surface area contributed by atoms with Crippen molar-refractivity contribution in [2.75, 3.05) is 6.61 Å². The van der Waals surface area contributed by atoms with Gasteiger partial charge < -0.3 is 8.85 Å². The lowest BCUT2D eigenvalue weighted by molar-refractivity contribution is -0.133. The van der Waals surface area contributed by atoms with Crippen LogP contribution in [0, 0.1) is 0 Å². The summed E-state index contributed by atoms with van der Waals surface area (Å²) in [6.07, 6.45) is 2.27. The van der Waals surface area contributed by atoms with Gasteiger partial charge in [-0.2, -0.15) is 21.6 Å². The van der Waals surface area contributed by atoms with Gasteiger partial charge in [-0.05, 0) is 18.9 Å². The van der Waals surface area contributed by atoms with E-state index in [0.29, 0.717) is 0 Å². The molecule has 1 fully saturated rings. The maximum Gasteiger partial charge on any atom is 0.522 e. The first kappa shape index (κ1) is 17.3. The fourth-order valence-electron chi connectivity index (χ4n) is 0.989. The SMILES string of the molecule is CC(=O)O[SiH]1CCCCO1.O=S(=O)(O)C(F)(F)F. The Balaban J connectivity index is 0.000000331. The van der Waals surface area contributed by atoms with E-state index >= 15 is 0 Å². The number of carbonyl (C=O) groups excluding carboxylic acids is 1. The zero-order valence-corrected chi connectivity index (χ0v) is 11.4. The second-order valence-corrected chi connectivity index (χ2v) is 6.74. The predicted molar refractivity (Wildman–Crippen MR) is 56.5 cm³/mol. The molecule has 0 aromatic rings. The molecule has 1 heterocycles. The van der Waals surface area contributed by atoms with Gasteiger partial charge in [-0.1, -0.05) is 0 Å². The highest BCUT2D eigenvalue weighted by Crippen LogP contribution is 2.20. The molecule has 0 radical (unpaired) electrons. The summed E-state index contributed by atoms with van der Waals surface area (Å²) in [5, 5.41) is 0. The molecule has 1 aliphatic heterocycles. The molecule has 0 aliphatic carbocycles. The summed E-state index contributed by atoms with van der Waals surface area (Å²) in [4.78, 5) is 10.4. The molecule has 0 amide bonds. The van der Waals surface area contributed by atoms with Crippen LogP contribution in [0.2, 0.25) is 6.04 Å². The van der Waals surface area contributed by atoms with E-state index in [0.717, 1.165) is 25.5 Å². The Labute approximate surface area is 104 Å². The van der Waals surface area contributed by atoms with Gasteiger partial charge in [-0.15, -0.1) is 0 Å². The van der Waals surface area contributed by atoms with E-state index in [2.05, 4.69) is 0 Å². The normalized spacial score (nSPS) is 20.6. The molecule has 108 valence electrons. The number of alkyl halides is 3. The number of rotatable bonds is 1. The van der Waals surface area contributed by atoms with Gasteiger partial charge in [0.05, 0.1) is 0 Å². The van der Waals surface area contributed by atoms with E-state index in [-0.39, 0.29) is 5.97 Å². The Morgan fingerprint density at radius 2 is 1.89 bits per heavy atom. The molecule has 0 spiro atoms. The largest absolute Gasteiger partial charge is 0.522 e. The van der Waals surface area contributed by atoms with Crippen LogP contribution in [0.15, 0.2) is 0 Å². The van der Waals surface area contributed by atoms with Crippen molar-refractivity contribution in [3.05, 3.63) is 0 Å². The van der Waals surface area contributed by atoms with Crippen molar-refractivity contribution in [2.45, 2.75) is 31.3 Å². The van der Waals surface area contributed by atoms with E-state index < -0.39 is 24.9 Å². The molecule has 1 unspecified atom stereocenters. The van der Waals surface area contributed by atoms with Crippen molar-refractivity contribution in [2.24, 2.45) is 0 Å². The van der Waals surface area contributed by atoms with Crippen molar-refractivity contribution in [1.29, 1.82) is 0 Å². The van der Waals surface area contributed by atoms with Gasteiger partial charge >= 0.3 is 24.9 Å². The minimum Gasteiger partial charge on any atom is -0.497 e. The molecule has 1 N–H and O–H groups in total. The first-order valence-electron chi connectivity index (χ1n) is 4.86. The van der Waals surface area contributed by atoms with Crippen LogP contribution >= 0.6 is 0 Å². The average molecular weight is 310 g/mol. The van der Waals surface area contributed by atoms with Gasteiger partial charge in [0, 0.05) is 13.5 Å². The van der Waals surface area contributed by atoms with Crippen LogP contribution < -0.4 is 0 Å². The lowest BCUT2D eigenvalue weighted by atomic mass is 10.4. The summed E-state index contributed by atoms with van der Waals surface area (Å²) < 4.78 is 67.8. The molecule has 6 nitrogen and oxygen atoms in total. The molecule has 1 aliphatic rings. The van der Waals surface area contributed by atoms with Crippen LogP contribution in [-0.4, -0.2) is 40.3 Å². The van der Waals surface area contributed by atoms with Gasteiger partial charge in [0.25, 0.3) is 5.97 Å². The van der Waals surface area contributed by atoms with Crippen molar-refractivity contribution < 1.29 is 39.8 Å². The fourth-order valence-corrected chi connectivity index (χ4v) is 2.76. The molecule has 0 saturated carbocycles. The van der Waals surface area contributed by atoms with Crippen molar-refractivity contribution in [3.8, 4) is 0 Å². The highest BCUT2D eigenvalue weighted by molar-refractivity contribution is 7.86. The fraction of sp³-hybridized carbons (Fsp3) is 0.857. The first-order chi connectivity index (χ1) is 8.04. The zero-order chi connectivity index (χ0) is 14.4. The Bertz CT molecular complexity index is 362. The summed E-state index contributed by atoms with van der Waals surface area (Å²) in [7, 11) is -7.37. The highest BCUT2D eigenvalue weighted by Gasteiger charge is 2.44. The maximum absolute atomic E-state index is 10.7.